The van der Waals surface area contributed by atoms with Gasteiger partial charge in [-0.05, 0) is 12.2 Å². The van der Waals surface area contributed by atoms with E-state index in [4.69, 9.17) is 5.73 Å². The summed E-state index contributed by atoms with van der Waals surface area (Å²) in [5, 5.41) is 0. The average molecular weight is 228 g/mol. The lowest BCUT2D eigenvalue weighted by Crippen LogP contribution is -2.49. The molecule has 0 rings (SSSR count). The number of carbonyl (C=O) groups is 3. The molecule has 0 aliphatic rings. The van der Waals surface area contributed by atoms with Gasteiger partial charge in [0.1, 0.15) is 0 Å². The lowest BCUT2D eigenvalue weighted by atomic mass is 10.3. The average Bonchev–Trinajstić information content (AvgIpc) is 2.27. The van der Waals surface area contributed by atoms with Gasteiger partial charge in [-0.2, -0.15) is 12.6 Å². The van der Waals surface area contributed by atoms with Crippen LogP contribution < -0.4 is 5.73 Å². The zero-order valence-corrected chi connectivity index (χ0v) is 8.94. The van der Waals surface area contributed by atoms with Gasteiger partial charge in [-0.3, -0.25) is 14.4 Å². The molecule has 5 nitrogen and oxygen atoms in total. The number of thiol groups is 1. The van der Waals surface area contributed by atoms with E-state index in [9.17, 15) is 14.4 Å². The van der Waals surface area contributed by atoms with Gasteiger partial charge in [-0.15, -0.1) is 0 Å². The third-order valence-electron chi connectivity index (χ3n) is 1.52. The fraction of sp³-hybridized carbons (Fsp3) is 0.222. The third-order valence-corrected chi connectivity index (χ3v) is 1.92. The molecule has 0 aromatic carbocycles. The van der Waals surface area contributed by atoms with Crippen LogP contribution in [-0.2, 0) is 14.4 Å². The maximum atomic E-state index is 11.5. The van der Waals surface area contributed by atoms with Crippen LogP contribution in [0.4, 0.5) is 0 Å². The summed E-state index contributed by atoms with van der Waals surface area (Å²) in [6, 6.07) is -1.01. The van der Waals surface area contributed by atoms with Crippen molar-refractivity contribution in [3.05, 3.63) is 25.3 Å². The van der Waals surface area contributed by atoms with Crippen molar-refractivity contribution in [2.75, 3.05) is 5.75 Å². The summed E-state index contributed by atoms with van der Waals surface area (Å²) in [5.74, 6) is -2.45. The second-order valence-electron chi connectivity index (χ2n) is 2.55. The third kappa shape index (κ3) is 3.34. The first kappa shape index (κ1) is 13.6. The molecular weight excluding hydrogens is 216 g/mol. The molecule has 6 heteroatoms. The molecule has 0 aromatic heterocycles. The highest BCUT2D eigenvalue weighted by Gasteiger charge is 2.28. The number of amides is 3. The van der Waals surface area contributed by atoms with Gasteiger partial charge in [0.2, 0.25) is 0 Å². The first-order valence-electron chi connectivity index (χ1n) is 4.02. The lowest BCUT2D eigenvalue weighted by Gasteiger charge is -2.18. The number of imide groups is 3. The van der Waals surface area contributed by atoms with Gasteiger partial charge < -0.3 is 5.73 Å². The van der Waals surface area contributed by atoms with E-state index in [2.05, 4.69) is 25.8 Å². The van der Waals surface area contributed by atoms with Gasteiger partial charge in [0, 0.05) is 5.75 Å². The quantitative estimate of drug-likeness (QED) is 0.502. The number of hydrogen-bond acceptors (Lipinski definition) is 5. The summed E-state index contributed by atoms with van der Waals surface area (Å²) in [6.07, 6.45) is 1.70. The first-order chi connectivity index (χ1) is 6.99. The Morgan fingerprint density at radius 3 is 1.93 bits per heavy atom. The van der Waals surface area contributed by atoms with Crippen molar-refractivity contribution in [1.82, 2.24) is 4.90 Å². The highest BCUT2D eigenvalue weighted by molar-refractivity contribution is 7.80. The van der Waals surface area contributed by atoms with Gasteiger partial charge in [0.15, 0.2) is 0 Å². The normalized spacial score (nSPS) is 11.3. The van der Waals surface area contributed by atoms with Crippen LogP contribution in [0.25, 0.3) is 0 Å². The smallest absolute Gasteiger partial charge is 0.259 e. The first-order valence-corrected chi connectivity index (χ1v) is 4.66. The van der Waals surface area contributed by atoms with Gasteiger partial charge in [0.05, 0.1) is 6.04 Å². The Kier molecular flexibility index (Phi) is 5.58. The summed E-state index contributed by atoms with van der Waals surface area (Å²) in [4.78, 5) is 34.3. The van der Waals surface area contributed by atoms with Crippen molar-refractivity contribution in [1.29, 1.82) is 0 Å². The Labute approximate surface area is 93.0 Å². The van der Waals surface area contributed by atoms with Gasteiger partial charge in [0.25, 0.3) is 17.7 Å². The SMILES string of the molecule is C=CC(=O)N(C(=O)C=C)C(=O)[C@@H](N)CS. The van der Waals surface area contributed by atoms with Crippen molar-refractivity contribution in [3.63, 3.8) is 0 Å². The molecule has 0 saturated heterocycles. The minimum atomic E-state index is -1.01. The maximum Gasteiger partial charge on any atom is 0.259 e. The van der Waals surface area contributed by atoms with Crippen molar-refractivity contribution < 1.29 is 14.4 Å². The number of nitrogens with two attached hydrogens (primary N) is 1. The summed E-state index contributed by atoms with van der Waals surface area (Å²) in [7, 11) is 0. The van der Waals surface area contributed by atoms with E-state index >= 15 is 0 Å². The Balaban J connectivity index is 5.02. The lowest BCUT2D eigenvalue weighted by molar-refractivity contribution is -0.150. The molecule has 3 amide bonds. The minimum Gasteiger partial charge on any atom is -0.319 e. The Hall–Kier alpha value is -1.40. The monoisotopic (exact) mass is 228 g/mol. The van der Waals surface area contributed by atoms with Crippen LogP contribution in [0.2, 0.25) is 0 Å². The molecule has 0 fully saturated rings. The number of nitrogens with zero attached hydrogens (tertiary/aromatic N) is 1. The zero-order chi connectivity index (χ0) is 12.0. The van der Waals surface area contributed by atoms with Crippen LogP contribution in [0.3, 0.4) is 0 Å². The van der Waals surface area contributed by atoms with E-state index in [0.717, 1.165) is 12.2 Å². The molecule has 0 aliphatic carbocycles. The number of carbonyl (C=O) groups excluding carboxylic acids is 3. The van der Waals surface area contributed by atoms with Crippen molar-refractivity contribution >= 4 is 30.4 Å². The van der Waals surface area contributed by atoms with Crippen LogP contribution in [0.15, 0.2) is 25.3 Å². The van der Waals surface area contributed by atoms with Crippen molar-refractivity contribution in [3.8, 4) is 0 Å². The highest BCUT2D eigenvalue weighted by atomic mass is 32.1. The zero-order valence-electron chi connectivity index (χ0n) is 8.05. The Bertz CT molecular complexity index is 294. The predicted octanol–water partition coefficient (Wildman–Crippen LogP) is -0.503. The molecule has 82 valence electrons. The molecule has 0 aromatic rings. The molecule has 0 aliphatic heterocycles. The van der Waals surface area contributed by atoms with Crippen LogP contribution in [0.1, 0.15) is 0 Å². The molecule has 1 atom stereocenters. The molecule has 15 heavy (non-hydrogen) atoms. The fourth-order valence-electron chi connectivity index (χ4n) is 0.752. The molecule has 0 radical (unpaired) electrons. The van der Waals surface area contributed by atoms with E-state index in [1.807, 2.05) is 0 Å². The maximum absolute atomic E-state index is 11.5. The summed E-state index contributed by atoms with van der Waals surface area (Å²) >= 11 is 3.80. The Morgan fingerprint density at radius 2 is 1.67 bits per heavy atom. The highest BCUT2D eigenvalue weighted by Crippen LogP contribution is 1.99. The molecule has 0 spiro atoms. The molecule has 0 unspecified atom stereocenters. The van der Waals surface area contributed by atoms with E-state index < -0.39 is 23.8 Å². The van der Waals surface area contributed by atoms with E-state index in [1.165, 1.54) is 0 Å². The van der Waals surface area contributed by atoms with E-state index in [0.29, 0.717) is 4.90 Å². The van der Waals surface area contributed by atoms with Crippen molar-refractivity contribution in [2.24, 2.45) is 5.73 Å². The number of rotatable bonds is 4. The minimum absolute atomic E-state index is 0.0319. The summed E-state index contributed by atoms with van der Waals surface area (Å²) in [5.41, 5.74) is 5.36. The second kappa shape index (κ2) is 6.15. The van der Waals surface area contributed by atoms with Gasteiger partial charge in [-0.25, -0.2) is 4.90 Å². The number of hydrogen-bond donors (Lipinski definition) is 2. The fourth-order valence-corrected chi connectivity index (χ4v) is 0.908. The topological polar surface area (TPSA) is 80.5 Å². The molecule has 2 N–H and O–H groups in total. The molecule has 0 heterocycles. The van der Waals surface area contributed by atoms with Crippen molar-refractivity contribution in [2.45, 2.75) is 6.04 Å². The van der Waals surface area contributed by atoms with E-state index in [-0.39, 0.29) is 5.75 Å². The molecule has 0 bridgehead atoms. The molecular formula is C9H12N2O3S. The summed E-state index contributed by atoms with van der Waals surface area (Å²) in [6.45, 7) is 6.35. The standard InChI is InChI=1S/C9H12N2O3S/c1-3-7(12)11(8(13)4-2)9(14)6(10)5-15/h3-4,6,15H,1-2,5,10H2/t6-/m0/s1. The Morgan fingerprint density at radius 1 is 1.27 bits per heavy atom. The summed E-state index contributed by atoms with van der Waals surface area (Å²) < 4.78 is 0. The van der Waals surface area contributed by atoms with Gasteiger partial charge >= 0.3 is 0 Å². The van der Waals surface area contributed by atoms with Gasteiger partial charge in [-0.1, -0.05) is 13.2 Å². The van der Waals surface area contributed by atoms with Crippen LogP contribution in [0.5, 0.6) is 0 Å². The molecule has 0 saturated carbocycles. The van der Waals surface area contributed by atoms with Crippen LogP contribution in [0, 0.1) is 0 Å². The predicted molar refractivity (Wildman–Crippen MR) is 59.1 cm³/mol. The second-order valence-corrected chi connectivity index (χ2v) is 2.91. The van der Waals surface area contributed by atoms with E-state index in [1.54, 1.807) is 0 Å². The van der Waals surface area contributed by atoms with Crippen LogP contribution in [-0.4, -0.2) is 34.4 Å². The largest absolute Gasteiger partial charge is 0.319 e. The van der Waals surface area contributed by atoms with Crippen LogP contribution >= 0.6 is 12.6 Å².